The fourth-order valence-electron chi connectivity index (χ4n) is 1.85. The summed E-state index contributed by atoms with van der Waals surface area (Å²) in [4.78, 5) is 13.4. The quantitative estimate of drug-likeness (QED) is 0.642. The van der Waals surface area contributed by atoms with Gasteiger partial charge >= 0.3 is 0 Å². The molecule has 0 radical (unpaired) electrons. The Bertz CT molecular complexity index is 321. The average molecular weight is 233 g/mol. The van der Waals surface area contributed by atoms with Gasteiger partial charge in [-0.2, -0.15) is 0 Å². The summed E-state index contributed by atoms with van der Waals surface area (Å²) in [5.41, 5.74) is 1.35. The summed E-state index contributed by atoms with van der Waals surface area (Å²) < 4.78 is 0. The van der Waals surface area contributed by atoms with Gasteiger partial charge in [0.15, 0.2) is 0 Å². The molecule has 0 fully saturated rings. The second kappa shape index (κ2) is 8.02. The molecule has 0 aliphatic heterocycles. The number of carbonyl (C=O) groups excluding carboxylic acids is 1. The van der Waals surface area contributed by atoms with Gasteiger partial charge in [0.05, 0.1) is 0 Å². The average Bonchev–Trinajstić information content (AvgIpc) is 2.35. The van der Waals surface area contributed by atoms with E-state index in [4.69, 9.17) is 0 Å². The molecule has 0 saturated carbocycles. The van der Waals surface area contributed by atoms with Gasteiger partial charge in [-0.25, -0.2) is 0 Å². The number of hydrogen-bond donors (Lipinski definition) is 0. The van der Waals surface area contributed by atoms with Gasteiger partial charge in [0, 0.05) is 19.4 Å². The Morgan fingerprint density at radius 1 is 1.18 bits per heavy atom. The predicted octanol–water partition coefficient (Wildman–Crippen LogP) is 3.27. The minimum atomic E-state index is 0.385. The summed E-state index contributed by atoms with van der Waals surface area (Å²) in [5, 5.41) is 0. The lowest BCUT2D eigenvalue weighted by atomic mass is 10.1. The number of benzene rings is 1. The van der Waals surface area contributed by atoms with E-state index in [0.717, 1.165) is 32.4 Å². The predicted molar refractivity (Wildman–Crippen MR) is 71.9 cm³/mol. The van der Waals surface area contributed by atoms with E-state index < -0.39 is 0 Å². The second-order valence-corrected chi connectivity index (χ2v) is 4.57. The van der Waals surface area contributed by atoms with Gasteiger partial charge in [-0.3, -0.25) is 4.79 Å². The molecule has 1 aromatic rings. The summed E-state index contributed by atoms with van der Waals surface area (Å²) in [6.07, 6.45) is 3.55. The zero-order valence-corrected chi connectivity index (χ0v) is 11.0. The highest BCUT2D eigenvalue weighted by Gasteiger charge is 2.01. The van der Waals surface area contributed by atoms with Crippen molar-refractivity contribution in [3.05, 3.63) is 35.9 Å². The van der Waals surface area contributed by atoms with Crippen LogP contribution in [0.4, 0.5) is 0 Å². The number of carbonyl (C=O) groups is 1. The first-order chi connectivity index (χ1) is 8.22. The number of unbranched alkanes of at least 4 members (excludes halogenated alkanes) is 1. The lowest BCUT2D eigenvalue weighted by Gasteiger charge is -2.16. The van der Waals surface area contributed by atoms with Crippen molar-refractivity contribution in [3.63, 3.8) is 0 Å². The van der Waals surface area contributed by atoms with Crippen molar-refractivity contribution >= 4 is 5.78 Å². The van der Waals surface area contributed by atoms with Gasteiger partial charge < -0.3 is 4.90 Å². The van der Waals surface area contributed by atoms with E-state index in [1.54, 1.807) is 0 Å². The number of nitrogens with zero attached hydrogens (tertiary/aromatic N) is 1. The maximum absolute atomic E-state index is 11.1. The Balaban J connectivity index is 2.13. The van der Waals surface area contributed by atoms with Crippen molar-refractivity contribution in [1.29, 1.82) is 0 Å². The molecule has 0 aromatic heterocycles. The molecule has 94 valence electrons. The van der Waals surface area contributed by atoms with E-state index >= 15 is 0 Å². The maximum atomic E-state index is 11.1. The molecule has 2 heteroatoms. The number of hydrogen-bond acceptors (Lipinski definition) is 2. The fraction of sp³-hybridized carbons (Fsp3) is 0.533. The monoisotopic (exact) mass is 233 g/mol. The second-order valence-electron chi connectivity index (χ2n) is 4.57. The van der Waals surface area contributed by atoms with Crippen LogP contribution in [0.1, 0.15) is 38.2 Å². The topological polar surface area (TPSA) is 20.3 Å². The lowest BCUT2D eigenvalue weighted by molar-refractivity contribution is -0.118. The van der Waals surface area contributed by atoms with E-state index in [1.165, 1.54) is 5.56 Å². The Hall–Kier alpha value is -1.15. The summed E-state index contributed by atoms with van der Waals surface area (Å²) >= 11 is 0. The highest BCUT2D eigenvalue weighted by atomic mass is 16.1. The van der Waals surface area contributed by atoms with Crippen molar-refractivity contribution < 1.29 is 4.79 Å². The molecule has 1 rings (SSSR count). The maximum Gasteiger partial charge on any atom is 0.132 e. The molecule has 0 amide bonds. The van der Waals surface area contributed by atoms with E-state index in [1.807, 2.05) is 13.0 Å². The summed E-state index contributed by atoms with van der Waals surface area (Å²) in [6.45, 7) is 3.98. The third kappa shape index (κ3) is 6.22. The molecule has 0 aliphatic rings. The number of rotatable bonds is 8. The first kappa shape index (κ1) is 13.9. The van der Waals surface area contributed by atoms with Gasteiger partial charge in [-0.05, 0) is 32.0 Å². The van der Waals surface area contributed by atoms with Crippen LogP contribution in [-0.4, -0.2) is 24.3 Å². The van der Waals surface area contributed by atoms with E-state index in [-0.39, 0.29) is 0 Å². The lowest BCUT2D eigenvalue weighted by Crippen LogP contribution is -2.19. The van der Waals surface area contributed by atoms with E-state index in [9.17, 15) is 4.79 Å². The molecule has 0 saturated heterocycles. The molecular formula is C15H23NO. The van der Waals surface area contributed by atoms with Crippen molar-refractivity contribution in [2.75, 3.05) is 13.6 Å². The van der Waals surface area contributed by atoms with Crippen molar-refractivity contribution in [2.24, 2.45) is 0 Å². The molecule has 0 bridgehead atoms. The molecule has 2 nitrogen and oxygen atoms in total. The van der Waals surface area contributed by atoms with Crippen LogP contribution in [0.25, 0.3) is 0 Å². The molecule has 0 N–H and O–H groups in total. The van der Waals surface area contributed by atoms with Gasteiger partial charge in [0.1, 0.15) is 5.78 Å². The normalized spacial score (nSPS) is 10.8. The van der Waals surface area contributed by atoms with Crippen molar-refractivity contribution in [3.8, 4) is 0 Å². The molecule has 0 heterocycles. The minimum absolute atomic E-state index is 0.385. The van der Waals surface area contributed by atoms with Crippen LogP contribution in [0, 0.1) is 0 Å². The first-order valence-corrected chi connectivity index (χ1v) is 6.46. The van der Waals surface area contributed by atoms with E-state index in [0.29, 0.717) is 12.2 Å². The van der Waals surface area contributed by atoms with Crippen molar-refractivity contribution in [1.82, 2.24) is 4.90 Å². The molecular weight excluding hydrogens is 210 g/mol. The fourth-order valence-corrected chi connectivity index (χ4v) is 1.85. The standard InChI is InChI=1S/C15H23NO/c1-3-15(17)11-7-8-12-16(2)13-14-9-5-4-6-10-14/h4-6,9-10H,3,7-8,11-13H2,1-2H3. The van der Waals surface area contributed by atoms with Gasteiger partial charge in [-0.15, -0.1) is 0 Å². The van der Waals surface area contributed by atoms with Crippen LogP contribution in [0.3, 0.4) is 0 Å². The molecule has 17 heavy (non-hydrogen) atoms. The van der Waals surface area contributed by atoms with Crippen LogP contribution in [0.5, 0.6) is 0 Å². The first-order valence-electron chi connectivity index (χ1n) is 6.46. The molecule has 1 aromatic carbocycles. The van der Waals surface area contributed by atoms with Gasteiger partial charge in [0.2, 0.25) is 0 Å². The van der Waals surface area contributed by atoms with Crippen LogP contribution >= 0.6 is 0 Å². The third-order valence-corrected chi connectivity index (χ3v) is 2.94. The zero-order chi connectivity index (χ0) is 12.5. The van der Waals surface area contributed by atoms with E-state index in [2.05, 4.69) is 36.2 Å². The zero-order valence-electron chi connectivity index (χ0n) is 11.0. The number of ketones is 1. The Labute approximate surface area is 105 Å². The summed E-state index contributed by atoms with van der Waals surface area (Å²) in [5.74, 6) is 0.385. The third-order valence-electron chi connectivity index (χ3n) is 2.94. The molecule has 0 aliphatic carbocycles. The Morgan fingerprint density at radius 3 is 2.53 bits per heavy atom. The highest BCUT2D eigenvalue weighted by Crippen LogP contribution is 2.05. The van der Waals surface area contributed by atoms with Gasteiger partial charge in [-0.1, -0.05) is 37.3 Å². The summed E-state index contributed by atoms with van der Waals surface area (Å²) in [7, 11) is 2.13. The van der Waals surface area contributed by atoms with Crippen LogP contribution < -0.4 is 0 Å². The molecule has 0 spiro atoms. The smallest absolute Gasteiger partial charge is 0.132 e. The summed E-state index contributed by atoms with van der Waals surface area (Å²) in [6, 6.07) is 10.5. The van der Waals surface area contributed by atoms with Crippen molar-refractivity contribution in [2.45, 2.75) is 39.2 Å². The van der Waals surface area contributed by atoms with Gasteiger partial charge in [0.25, 0.3) is 0 Å². The largest absolute Gasteiger partial charge is 0.302 e. The number of Topliss-reactive ketones (excluding diaryl/α,β-unsaturated/α-hetero) is 1. The van der Waals surface area contributed by atoms with Crippen LogP contribution in [-0.2, 0) is 11.3 Å². The molecule has 0 unspecified atom stereocenters. The van der Waals surface area contributed by atoms with Crippen LogP contribution in [0.2, 0.25) is 0 Å². The SMILES string of the molecule is CCC(=O)CCCCN(C)Cc1ccccc1. The minimum Gasteiger partial charge on any atom is -0.302 e. The van der Waals surface area contributed by atoms with Crippen LogP contribution in [0.15, 0.2) is 30.3 Å². The molecule has 0 atom stereocenters. The Morgan fingerprint density at radius 2 is 1.88 bits per heavy atom. The highest BCUT2D eigenvalue weighted by molar-refractivity contribution is 5.77. The Kier molecular flexibility index (Phi) is 6.56.